The molecule has 8 heteroatoms. The molecule has 5 rings (SSSR count). The molecule has 1 atom stereocenters. The van der Waals surface area contributed by atoms with Gasteiger partial charge in [0.1, 0.15) is 11.9 Å². The number of fused-ring (bicyclic) bond motifs is 1. The molecule has 2 aromatic heterocycles. The SMILES string of the molecule is O=C(Nc1ccccc1-n1cccc1)C1CCCN1C(=O)NCc1nc2ccccc2[nH]1. The van der Waals surface area contributed by atoms with E-state index in [1.807, 2.05) is 77.6 Å². The van der Waals surface area contributed by atoms with Crippen LogP contribution in [0.4, 0.5) is 10.5 Å². The van der Waals surface area contributed by atoms with Crippen molar-refractivity contribution in [2.24, 2.45) is 0 Å². The molecule has 3 N–H and O–H groups in total. The average Bonchev–Trinajstić information content (AvgIpc) is 3.58. The Morgan fingerprint density at radius 1 is 1.03 bits per heavy atom. The molecule has 4 aromatic rings. The first-order valence-electron chi connectivity index (χ1n) is 10.7. The number of rotatable bonds is 5. The van der Waals surface area contributed by atoms with E-state index in [2.05, 4.69) is 20.6 Å². The quantitative estimate of drug-likeness (QED) is 0.453. The number of nitrogens with zero attached hydrogens (tertiary/aromatic N) is 3. The topological polar surface area (TPSA) is 95.1 Å². The molecule has 162 valence electrons. The van der Waals surface area contributed by atoms with E-state index in [0.717, 1.165) is 23.1 Å². The van der Waals surface area contributed by atoms with Crippen LogP contribution in [0.1, 0.15) is 18.7 Å². The van der Waals surface area contributed by atoms with Gasteiger partial charge in [0.2, 0.25) is 5.91 Å². The van der Waals surface area contributed by atoms with Gasteiger partial charge in [0.15, 0.2) is 0 Å². The molecule has 1 unspecified atom stereocenters. The summed E-state index contributed by atoms with van der Waals surface area (Å²) in [5.74, 6) is 0.501. The maximum atomic E-state index is 13.1. The average molecular weight is 428 g/mol. The van der Waals surface area contributed by atoms with Crippen LogP contribution in [0, 0.1) is 0 Å². The number of hydrogen-bond acceptors (Lipinski definition) is 3. The van der Waals surface area contributed by atoms with E-state index < -0.39 is 6.04 Å². The van der Waals surface area contributed by atoms with Crippen molar-refractivity contribution >= 4 is 28.7 Å². The van der Waals surface area contributed by atoms with Crippen LogP contribution in [-0.4, -0.2) is 44.0 Å². The maximum absolute atomic E-state index is 13.1. The normalized spacial score (nSPS) is 15.8. The van der Waals surface area contributed by atoms with Crippen molar-refractivity contribution in [3.63, 3.8) is 0 Å². The number of amides is 3. The summed E-state index contributed by atoms with van der Waals surface area (Å²) in [5, 5.41) is 5.91. The van der Waals surface area contributed by atoms with Gasteiger partial charge in [0.05, 0.1) is 29.0 Å². The summed E-state index contributed by atoms with van der Waals surface area (Å²) in [6.07, 6.45) is 5.28. The molecule has 1 fully saturated rings. The summed E-state index contributed by atoms with van der Waals surface area (Å²) in [4.78, 5) is 35.2. The Hall–Kier alpha value is -4.07. The van der Waals surface area contributed by atoms with Gasteiger partial charge in [-0.3, -0.25) is 4.79 Å². The van der Waals surface area contributed by atoms with Gasteiger partial charge < -0.3 is 25.1 Å². The van der Waals surface area contributed by atoms with Gasteiger partial charge in [-0.15, -0.1) is 0 Å². The van der Waals surface area contributed by atoms with E-state index >= 15 is 0 Å². The first-order valence-corrected chi connectivity index (χ1v) is 10.7. The zero-order valence-electron chi connectivity index (χ0n) is 17.5. The molecular formula is C24H24N6O2. The van der Waals surface area contributed by atoms with Crippen molar-refractivity contribution in [2.75, 3.05) is 11.9 Å². The maximum Gasteiger partial charge on any atom is 0.318 e. The van der Waals surface area contributed by atoms with Crippen molar-refractivity contribution in [3.8, 4) is 5.69 Å². The molecule has 0 radical (unpaired) electrons. The zero-order chi connectivity index (χ0) is 21.9. The molecule has 0 spiro atoms. The minimum atomic E-state index is -0.511. The number of imidazole rings is 1. The molecule has 1 saturated heterocycles. The Balaban J connectivity index is 1.25. The predicted octanol–water partition coefficient (Wildman–Crippen LogP) is 3.67. The second kappa shape index (κ2) is 8.58. The minimum Gasteiger partial charge on any atom is -0.340 e. The van der Waals surface area contributed by atoms with Crippen molar-refractivity contribution in [3.05, 3.63) is 78.9 Å². The third-order valence-corrected chi connectivity index (χ3v) is 5.71. The number of nitrogens with one attached hydrogen (secondary N) is 3. The third kappa shape index (κ3) is 3.94. The smallest absolute Gasteiger partial charge is 0.318 e. The van der Waals surface area contributed by atoms with Crippen molar-refractivity contribution in [2.45, 2.75) is 25.4 Å². The fourth-order valence-corrected chi connectivity index (χ4v) is 4.15. The third-order valence-electron chi connectivity index (χ3n) is 5.71. The van der Waals surface area contributed by atoms with Crippen LogP contribution >= 0.6 is 0 Å². The van der Waals surface area contributed by atoms with Crippen LogP contribution in [-0.2, 0) is 11.3 Å². The number of H-pyrrole nitrogens is 1. The zero-order valence-corrected chi connectivity index (χ0v) is 17.5. The summed E-state index contributed by atoms with van der Waals surface area (Å²) < 4.78 is 1.95. The van der Waals surface area contributed by atoms with Crippen LogP contribution in [0.25, 0.3) is 16.7 Å². The Morgan fingerprint density at radius 2 is 1.81 bits per heavy atom. The van der Waals surface area contributed by atoms with Crippen LogP contribution in [0.15, 0.2) is 73.1 Å². The van der Waals surface area contributed by atoms with Gasteiger partial charge >= 0.3 is 6.03 Å². The molecule has 2 aromatic carbocycles. The fourth-order valence-electron chi connectivity index (χ4n) is 4.15. The van der Waals surface area contributed by atoms with E-state index in [1.165, 1.54) is 0 Å². The van der Waals surface area contributed by atoms with Gasteiger partial charge in [0, 0.05) is 18.9 Å². The monoisotopic (exact) mass is 428 g/mol. The number of urea groups is 1. The summed E-state index contributed by atoms with van der Waals surface area (Å²) in [6.45, 7) is 0.818. The molecule has 32 heavy (non-hydrogen) atoms. The Morgan fingerprint density at radius 3 is 2.66 bits per heavy atom. The second-order valence-corrected chi connectivity index (χ2v) is 7.81. The van der Waals surface area contributed by atoms with Gasteiger partial charge in [-0.2, -0.15) is 0 Å². The van der Waals surface area contributed by atoms with Gasteiger partial charge in [-0.05, 0) is 49.2 Å². The number of carbonyl (C=O) groups excluding carboxylic acids is 2. The summed E-state index contributed by atoms with van der Waals surface area (Å²) in [5.41, 5.74) is 3.38. The lowest BCUT2D eigenvalue weighted by Gasteiger charge is -2.24. The van der Waals surface area contributed by atoms with Crippen molar-refractivity contribution < 1.29 is 9.59 Å². The Bertz CT molecular complexity index is 1210. The lowest BCUT2D eigenvalue weighted by Crippen LogP contribution is -2.47. The summed E-state index contributed by atoms with van der Waals surface area (Å²) >= 11 is 0. The van der Waals surface area contributed by atoms with Gasteiger partial charge in [0.25, 0.3) is 0 Å². The minimum absolute atomic E-state index is 0.180. The molecule has 1 aliphatic heterocycles. The second-order valence-electron chi connectivity index (χ2n) is 7.81. The number of benzene rings is 2. The van der Waals surface area contributed by atoms with E-state index in [0.29, 0.717) is 24.5 Å². The van der Waals surface area contributed by atoms with Gasteiger partial charge in [-0.1, -0.05) is 24.3 Å². The molecule has 0 bridgehead atoms. The molecule has 3 amide bonds. The fraction of sp³-hybridized carbons (Fsp3) is 0.208. The number of para-hydroxylation sites is 4. The highest BCUT2D eigenvalue weighted by molar-refractivity contribution is 5.98. The highest BCUT2D eigenvalue weighted by atomic mass is 16.2. The summed E-state index contributed by atoms with van der Waals surface area (Å²) in [6, 6.07) is 18.4. The first kappa shape index (κ1) is 19.9. The number of aromatic nitrogens is 3. The predicted molar refractivity (Wildman–Crippen MR) is 122 cm³/mol. The molecule has 0 aliphatic carbocycles. The largest absolute Gasteiger partial charge is 0.340 e. The van der Waals surface area contributed by atoms with Crippen molar-refractivity contribution in [1.82, 2.24) is 24.8 Å². The van der Waals surface area contributed by atoms with Crippen LogP contribution in [0.2, 0.25) is 0 Å². The Labute approximate surface area is 185 Å². The van der Waals surface area contributed by atoms with E-state index in [-0.39, 0.29) is 18.5 Å². The highest BCUT2D eigenvalue weighted by Crippen LogP contribution is 2.23. The molecular weight excluding hydrogens is 404 g/mol. The number of hydrogen-bond donors (Lipinski definition) is 3. The number of anilines is 1. The first-order chi connectivity index (χ1) is 15.7. The lowest BCUT2D eigenvalue weighted by atomic mass is 10.2. The molecule has 1 aliphatic rings. The van der Waals surface area contributed by atoms with Crippen LogP contribution in [0.3, 0.4) is 0 Å². The van der Waals surface area contributed by atoms with Crippen LogP contribution in [0.5, 0.6) is 0 Å². The van der Waals surface area contributed by atoms with E-state index in [9.17, 15) is 9.59 Å². The van der Waals surface area contributed by atoms with Crippen molar-refractivity contribution in [1.29, 1.82) is 0 Å². The lowest BCUT2D eigenvalue weighted by molar-refractivity contribution is -0.119. The Kier molecular flexibility index (Phi) is 5.33. The van der Waals surface area contributed by atoms with E-state index in [4.69, 9.17) is 0 Å². The summed E-state index contributed by atoms with van der Waals surface area (Å²) in [7, 11) is 0. The molecule has 8 nitrogen and oxygen atoms in total. The highest BCUT2D eigenvalue weighted by Gasteiger charge is 2.34. The molecule has 3 heterocycles. The number of aromatic amines is 1. The van der Waals surface area contributed by atoms with Gasteiger partial charge in [-0.25, -0.2) is 9.78 Å². The standard InChI is InChI=1S/C24H24N6O2/c31-23(28-19-10-3-4-11-20(19)29-13-5-6-14-29)21-12-7-15-30(21)24(32)25-16-22-26-17-8-1-2-9-18(17)27-22/h1-6,8-11,13-14,21H,7,12,15-16H2,(H,25,32)(H,26,27)(H,28,31). The van der Waals surface area contributed by atoms with Crippen LogP contribution < -0.4 is 10.6 Å². The number of carbonyl (C=O) groups is 2. The van der Waals surface area contributed by atoms with E-state index in [1.54, 1.807) is 4.90 Å². The molecule has 0 saturated carbocycles. The number of likely N-dealkylation sites (tertiary alicyclic amines) is 1.